The summed E-state index contributed by atoms with van der Waals surface area (Å²) in [6, 6.07) is 21.4. The SMILES string of the molecule is NC1CC2CCC(C1)N2C(=O)[C@H](NS(=O)(=O)c1ccc2cc(OCc3ccccc3)ccc2c1)C(F)(F)c1ccc(Br)cc1. The molecule has 0 aliphatic carbocycles. The minimum Gasteiger partial charge on any atom is -0.489 e. The molecule has 44 heavy (non-hydrogen) atoms. The molecule has 2 aliphatic heterocycles. The largest absolute Gasteiger partial charge is 0.489 e. The molecule has 1 amide bonds. The molecule has 2 unspecified atom stereocenters. The highest BCUT2D eigenvalue weighted by molar-refractivity contribution is 9.10. The van der Waals surface area contributed by atoms with Crippen LogP contribution in [0.3, 0.4) is 0 Å². The highest BCUT2D eigenvalue weighted by atomic mass is 79.9. The smallest absolute Gasteiger partial charge is 0.298 e. The Bertz CT molecular complexity index is 1760. The Morgan fingerprint density at radius 1 is 0.955 bits per heavy atom. The van der Waals surface area contributed by atoms with Gasteiger partial charge in [0.2, 0.25) is 15.9 Å². The molecule has 0 radical (unpaired) electrons. The van der Waals surface area contributed by atoms with E-state index in [4.69, 9.17) is 10.5 Å². The Morgan fingerprint density at radius 2 is 1.59 bits per heavy atom. The molecule has 7 nitrogen and oxygen atoms in total. The summed E-state index contributed by atoms with van der Waals surface area (Å²) in [4.78, 5) is 15.1. The van der Waals surface area contributed by atoms with Gasteiger partial charge in [0.1, 0.15) is 12.4 Å². The number of rotatable bonds is 9. The van der Waals surface area contributed by atoms with E-state index in [0.29, 0.717) is 53.3 Å². The zero-order valence-electron chi connectivity index (χ0n) is 23.7. The summed E-state index contributed by atoms with van der Waals surface area (Å²) in [6.45, 7) is 0.370. The van der Waals surface area contributed by atoms with Crippen molar-refractivity contribution in [3.05, 3.63) is 107 Å². The Balaban J connectivity index is 1.29. The standard InChI is InChI=1S/C33H32BrF2N3O4S/c34-25-10-8-24(9-11-25)33(35,36)31(32(40)39-27-12-13-28(39)19-26(37)18-27)38-44(41,42)30-15-7-22-16-29(14-6-23(22)17-30)43-20-21-4-2-1-3-5-21/h1-11,14-17,26-28,31,38H,12-13,18-20,37H2/t26?,27?,28?,31-/m0/s1. The van der Waals surface area contributed by atoms with Crippen LogP contribution in [-0.2, 0) is 27.3 Å². The van der Waals surface area contributed by atoms with Crippen LogP contribution in [0.15, 0.2) is 100 Å². The number of carbonyl (C=O) groups is 1. The monoisotopic (exact) mass is 683 g/mol. The third kappa shape index (κ3) is 6.24. The molecule has 11 heteroatoms. The number of fused-ring (bicyclic) bond motifs is 3. The molecule has 3 atom stereocenters. The van der Waals surface area contributed by atoms with Gasteiger partial charge in [0.25, 0.3) is 5.92 Å². The molecule has 4 aromatic carbocycles. The summed E-state index contributed by atoms with van der Waals surface area (Å²) in [5.74, 6) is -4.18. The van der Waals surface area contributed by atoms with Gasteiger partial charge >= 0.3 is 0 Å². The third-order valence-corrected chi connectivity index (χ3v) is 10.4. The second-order valence-electron chi connectivity index (χ2n) is 11.5. The lowest BCUT2D eigenvalue weighted by molar-refractivity contribution is -0.149. The number of nitrogens with one attached hydrogen (secondary N) is 1. The number of ether oxygens (including phenoxy) is 1. The number of sulfonamides is 1. The molecule has 2 heterocycles. The molecular weight excluding hydrogens is 652 g/mol. The normalized spacial score (nSPS) is 20.9. The number of nitrogens with zero attached hydrogens (tertiary/aromatic N) is 1. The highest BCUT2D eigenvalue weighted by Gasteiger charge is 2.53. The predicted molar refractivity (Wildman–Crippen MR) is 168 cm³/mol. The zero-order valence-corrected chi connectivity index (χ0v) is 26.1. The molecule has 0 spiro atoms. The van der Waals surface area contributed by atoms with Gasteiger partial charge < -0.3 is 15.4 Å². The number of piperidine rings is 1. The average Bonchev–Trinajstić information content (AvgIpc) is 3.29. The van der Waals surface area contributed by atoms with E-state index in [-0.39, 0.29) is 23.0 Å². The van der Waals surface area contributed by atoms with Crippen LogP contribution < -0.4 is 15.2 Å². The molecule has 2 bridgehead atoms. The number of halogens is 3. The Hall–Kier alpha value is -3.38. The van der Waals surface area contributed by atoms with E-state index in [1.165, 1.54) is 41.3 Å². The van der Waals surface area contributed by atoms with Crippen molar-refractivity contribution in [3.8, 4) is 5.75 Å². The zero-order chi connectivity index (χ0) is 31.1. The van der Waals surface area contributed by atoms with Crippen LogP contribution in [0.25, 0.3) is 10.8 Å². The maximum Gasteiger partial charge on any atom is 0.298 e. The number of nitrogens with two attached hydrogens (primary N) is 1. The second kappa shape index (κ2) is 12.2. The molecule has 2 fully saturated rings. The summed E-state index contributed by atoms with van der Waals surface area (Å²) in [7, 11) is -4.56. The molecule has 3 N–H and O–H groups in total. The molecule has 2 aliphatic rings. The van der Waals surface area contributed by atoms with Crippen LogP contribution in [0.1, 0.15) is 36.8 Å². The van der Waals surface area contributed by atoms with Gasteiger partial charge in [-0.05, 0) is 78.4 Å². The van der Waals surface area contributed by atoms with Gasteiger partial charge in [0.15, 0.2) is 6.04 Å². The lowest BCUT2D eigenvalue weighted by Gasteiger charge is -2.41. The molecule has 4 aromatic rings. The quantitative estimate of drug-likeness (QED) is 0.222. The number of benzene rings is 4. The summed E-state index contributed by atoms with van der Waals surface area (Å²) in [5, 5.41) is 1.29. The molecular formula is C33H32BrF2N3O4S. The Morgan fingerprint density at radius 3 is 2.27 bits per heavy atom. The van der Waals surface area contributed by atoms with E-state index in [2.05, 4.69) is 20.7 Å². The number of hydrogen-bond acceptors (Lipinski definition) is 5. The van der Waals surface area contributed by atoms with Crippen molar-refractivity contribution in [2.24, 2.45) is 5.73 Å². The Labute approximate surface area is 263 Å². The van der Waals surface area contributed by atoms with Crippen LogP contribution in [0, 0.1) is 0 Å². The number of alkyl halides is 2. The van der Waals surface area contributed by atoms with Crippen molar-refractivity contribution in [2.75, 3.05) is 0 Å². The van der Waals surface area contributed by atoms with Gasteiger partial charge in [-0.25, -0.2) is 8.42 Å². The highest BCUT2D eigenvalue weighted by Crippen LogP contribution is 2.40. The maximum absolute atomic E-state index is 16.2. The predicted octanol–water partition coefficient (Wildman–Crippen LogP) is 6.10. The van der Waals surface area contributed by atoms with E-state index in [1.54, 1.807) is 24.3 Å². The fourth-order valence-electron chi connectivity index (χ4n) is 6.27. The van der Waals surface area contributed by atoms with Crippen LogP contribution in [0.5, 0.6) is 5.75 Å². The fourth-order valence-corrected chi connectivity index (χ4v) is 7.76. The van der Waals surface area contributed by atoms with Crippen molar-refractivity contribution >= 4 is 42.6 Å². The van der Waals surface area contributed by atoms with Crippen molar-refractivity contribution in [1.29, 1.82) is 0 Å². The maximum atomic E-state index is 16.2. The van der Waals surface area contributed by atoms with Crippen LogP contribution in [0.4, 0.5) is 8.78 Å². The topological polar surface area (TPSA) is 102 Å². The van der Waals surface area contributed by atoms with Crippen LogP contribution in [-0.4, -0.2) is 43.4 Å². The summed E-state index contributed by atoms with van der Waals surface area (Å²) in [6.07, 6.45) is 2.28. The molecule has 6 rings (SSSR count). The van der Waals surface area contributed by atoms with E-state index in [1.807, 2.05) is 30.3 Å². The van der Waals surface area contributed by atoms with E-state index in [0.717, 1.165) is 5.56 Å². The second-order valence-corrected chi connectivity index (χ2v) is 14.1. The first-order chi connectivity index (χ1) is 21.0. The van der Waals surface area contributed by atoms with E-state index >= 15 is 8.78 Å². The summed E-state index contributed by atoms with van der Waals surface area (Å²) < 4.78 is 68.4. The average molecular weight is 685 g/mol. The van der Waals surface area contributed by atoms with Gasteiger partial charge in [-0.15, -0.1) is 0 Å². The van der Waals surface area contributed by atoms with Gasteiger partial charge in [-0.3, -0.25) is 4.79 Å². The first-order valence-electron chi connectivity index (χ1n) is 14.5. The third-order valence-electron chi connectivity index (χ3n) is 8.48. The fraction of sp³-hybridized carbons (Fsp3) is 0.303. The lowest BCUT2D eigenvalue weighted by Crippen LogP contribution is -2.60. The lowest BCUT2D eigenvalue weighted by atomic mass is 9.95. The number of hydrogen-bond donors (Lipinski definition) is 2. The van der Waals surface area contributed by atoms with Gasteiger partial charge in [-0.2, -0.15) is 13.5 Å². The van der Waals surface area contributed by atoms with Crippen molar-refractivity contribution < 1.29 is 26.7 Å². The molecule has 0 aromatic heterocycles. The van der Waals surface area contributed by atoms with Crippen molar-refractivity contribution in [2.45, 2.75) is 67.3 Å². The van der Waals surface area contributed by atoms with E-state index < -0.39 is 33.5 Å². The minimum atomic E-state index is -4.56. The van der Waals surface area contributed by atoms with Crippen LogP contribution >= 0.6 is 15.9 Å². The molecule has 0 saturated carbocycles. The summed E-state index contributed by atoms with van der Waals surface area (Å²) in [5.41, 5.74) is 6.69. The molecule has 2 saturated heterocycles. The first kappa shape index (κ1) is 30.6. The number of carbonyl (C=O) groups excluding carboxylic acids is 1. The number of amides is 1. The van der Waals surface area contributed by atoms with Gasteiger partial charge in [0, 0.05) is 28.2 Å². The van der Waals surface area contributed by atoms with Gasteiger partial charge in [0.05, 0.1) is 4.90 Å². The Kier molecular flexibility index (Phi) is 8.49. The van der Waals surface area contributed by atoms with Crippen molar-refractivity contribution in [3.63, 3.8) is 0 Å². The molecule has 230 valence electrons. The van der Waals surface area contributed by atoms with E-state index in [9.17, 15) is 13.2 Å². The van der Waals surface area contributed by atoms with Gasteiger partial charge in [-0.1, -0.05) is 70.5 Å². The minimum absolute atomic E-state index is 0.125. The summed E-state index contributed by atoms with van der Waals surface area (Å²) >= 11 is 3.24. The van der Waals surface area contributed by atoms with Crippen molar-refractivity contribution in [1.82, 2.24) is 9.62 Å². The first-order valence-corrected chi connectivity index (χ1v) is 16.7. The van der Waals surface area contributed by atoms with Crippen LogP contribution in [0.2, 0.25) is 0 Å².